The van der Waals surface area contributed by atoms with Crippen LogP contribution in [0, 0.1) is 25.7 Å². The molecular formula is C20H27N5OS. The first kappa shape index (κ1) is 18.5. The van der Waals surface area contributed by atoms with Crippen molar-refractivity contribution in [2.24, 2.45) is 11.8 Å². The molecule has 2 aliphatic rings. The smallest absolute Gasteiger partial charge is 0.233 e. The number of carbonyl (C=O) groups excluding carboxylic acids is 1. The van der Waals surface area contributed by atoms with Gasteiger partial charge >= 0.3 is 0 Å². The van der Waals surface area contributed by atoms with Gasteiger partial charge in [0.15, 0.2) is 0 Å². The highest BCUT2D eigenvalue weighted by Gasteiger charge is 2.32. The SMILES string of the molecule is Cc1cccc(C)c1-n1nnnc1SCC(=O)N1CC[C@@H]2CCCC[C@@H]2C1. The molecule has 1 saturated heterocycles. The molecule has 1 saturated carbocycles. The van der Waals surface area contributed by atoms with Gasteiger partial charge in [-0.25, -0.2) is 0 Å². The Labute approximate surface area is 164 Å². The van der Waals surface area contributed by atoms with Crippen LogP contribution >= 0.6 is 11.8 Å². The highest BCUT2D eigenvalue weighted by atomic mass is 32.2. The van der Waals surface area contributed by atoms with Crippen LogP contribution in [0.5, 0.6) is 0 Å². The van der Waals surface area contributed by atoms with Crippen molar-refractivity contribution in [3.63, 3.8) is 0 Å². The Bertz CT molecular complexity index is 800. The summed E-state index contributed by atoms with van der Waals surface area (Å²) in [6, 6.07) is 6.14. The van der Waals surface area contributed by atoms with Crippen LogP contribution in [-0.2, 0) is 4.79 Å². The molecule has 4 rings (SSSR count). The van der Waals surface area contributed by atoms with E-state index in [1.165, 1.54) is 43.9 Å². The average molecular weight is 386 g/mol. The van der Waals surface area contributed by atoms with Crippen molar-refractivity contribution >= 4 is 17.7 Å². The molecule has 2 fully saturated rings. The summed E-state index contributed by atoms with van der Waals surface area (Å²) in [6.45, 7) is 5.95. The molecule has 2 aromatic rings. The van der Waals surface area contributed by atoms with Crippen molar-refractivity contribution in [1.29, 1.82) is 0 Å². The summed E-state index contributed by atoms with van der Waals surface area (Å²) in [4.78, 5) is 14.8. The maximum atomic E-state index is 12.8. The van der Waals surface area contributed by atoms with Gasteiger partial charge in [0, 0.05) is 13.1 Å². The fraction of sp³-hybridized carbons (Fsp3) is 0.600. The van der Waals surface area contributed by atoms with E-state index in [1.807, 2.05) is 6.07 Å². The van der Waals surface area contributed by atoms with Crippen LogP contribution < -0.4 is 0 Å². The lowest BCUT2D eigenvalue weighted by atomic mass is 9.75. The number of piperidine rings is 1. The minimum absolute atomic E-state index is 0.208. The van der Waals surface area contributed by atoms with Crippen molar-refractivity contribution in [3.05, 3.63) is 29.3 Å². The summed E-state index contributed by atoms with van der Waals surface area (Å²) in [7, 11) is 0. The number of para-hydroxylation sites is 1. The van der Waals surface area contributed by atoms with Gasteiger partial charge in [0.2, 0.25) is 11.1 Å². The number of hydrogen-bond donors (Lipinski definition) is 0. The normalized spacial score (nSPS) is 22.5. The number of aryl methyl sites for hydroxylation is 2. The summed E-state index contributed by atoms with van der Waals surface area (Å²) in [5.74, 6) is 2.15. The third kappa shape index (κ3) is 3.88. The third-order valence-corrected chi connectivity index (χ3v) is 6.96. The summed E-state index contributed by atoms with van der Waals surface area (Å²) in [5.41, 5.74) is 3.24. The van der Waals surface area contributed by atoms with Crippen LogP contribution in [0.3, 0.4) is 0 Å². The quantitative estimate of drug-likeness (QED) is 0.755. The topological polar surface area (TPSA) is 63.9 Å². The lowest BCUT2D eigenvalue weighted by Gasteiger charge is -2.41. The van der Waals surface area contributed by atoms with Gasteiger partial charge in [0.1, 0.15) is 0 Å². The zero-order valence-electron chi connectivity index (χ0n) is 16.1. The molecule has 1 aliphatic heterocycles. The first-order valence-electron chi connectivity index (χ1n) is 9.89. The van der Waals surface area contributed by atoms with Crippen molar-refractivity contribution < 1.29 is 4.79 Å². The summed E-state index contributed by atoms with van der Waals surface area (Å²) >= 11 is 1.43. The number of nitrogens with zero attached hydrogens (tertiary/aromatic N) is 5. The molecule has 0 radical (unpaired) electrons. The Morgan fingerprint density at radius 3 is 2.67 bits per heavy atom. The van der Waals surface area contributed by atoms with E-state index < -0.39 is 0 Å². The van der Waals surface area contributed by atoms with E-state index >= 15 is 0 Å². The lowest BCUT2D eigenvalue weighted by molar-refractivity contribution is -0.131. The van der Waals surface area contributed by atoms with Gasteiger partial charge in [0.25, 0.3) is 0 Å². The Hall–Kier alpha value is -1.89. The molecule has 1 aromatic heterocycles. The molecule has 0 N–H and O–H groups in total. The number of benzene rings is 1. The number of amides is 1. The van der Waals surface area contributed by atoms with Crippen molar-refractivity contribution in [3.8, 4) is 5.69 Å². The number of fused-ring (bicyclic) bond motifs is 1. The van der Waals surface area contributed by atoms with Gasteiger partial charge in [-0.15, -0.1) is 5.10 Å². The minimum Gasteiger partial charge on any atom is -0.342 e. The molecule has 1 amide bonds. The lowest BCUT2D eigenvalue weighted by Crippen LogP contribution is -2.45. The second-order valence-electron chi connectivity index (χ2n) is 7.84. The Morgan fingerprint density at radius 2 is 1.89 bits per heavy atom. The van der Waals surface area contributed by atoms with E-state index in [-0.39, 0.29) is 5.91 Å². The van der Waals surface area contributed by atoms with E-state index in [1.54, 1.807) is 4.68 Å². The highest BCUT2D eigenvalue weighted by molar-refractivity contribution is 7.99. The van der Waals surface area contributed by atoms with E-state index in [0.29, 0.717) is 16.8 Å². The molecular weight excluding hydrogens is 358 g/mol. The molecule has 6 nitrogen and oxygen atoms in total. The monoisotopic (exact) mass is 385 g/mol. The Kier molecular flexibility index (Phi) is 5.48. The van der Waals surface area contributed by atoms with Crippen molar-refractivity contribution in [2.45, 2.75) is 51.1 Å². The first-order valence-corrected chi connectivity index (χ1v) is 10.9. The third-order valence-electron chi connectivity index (χ3n) is 6.06. The molecule has 0 unspecified atom stereocenters. The number of carbonyl (C=O) groups is 1. The number of tetrazole rings is 1. The minimum atomic E-state index is 0.208. The second-order valence-corrected chi connectivity index (χ2v) is 8.78. The van der Waals surface area contributed by atoms with Crippen LogP contribution in [0.25, 0.3) is 5.69 Å². The fourth-order valence-electron chi connectivity index (χ4n) is 4.59. The van der Waals surface area contributed by atoms with Gasteiger partial charge in [0.05, 0.1) is 11.4 Å². The molecule has 2 atom stereocenters. The Morgan fingerprint density at radius 1 is 1.15 bits per heavy atom. The molecule has 0 spiro atoms. The standard InChI is InChI=1S/C20H27N5OS/c1-14-6-5-7-15(2)19(14)25-20(21-22-23-25)27-13-18(26)24-11-10-16-8-3-4-9-17(16)12-24/h5-7,16-17H,3-4,8-13H2,1-2H3/t16-,17+/m0/s1. The molecule has 2 heterocycles. The number of hydrogen-bond acceptors (Lipinski definition) is 5. The van der Waals surface area contributed by atoms with Gasteiger partial charge in [-0.05, 0) is 60.1 Å². The van der Waals surface area contributed by atoms with Gasteiger partial charge in [-0.3, -0.25) is 4.79 Å². The van der Waals surface area contributed by atoms with Crippen LogP contribution in [0.1, 0.15) is 43.2 Å². The maximum Gasteiger partial charge on any atom is 0.233 e. The number of rotatable bonds is 4. The molecule has 7 heteroatoms. The van der Waals surface area contributed by atoms with E-state index in [2.05, 4.69) is 46.4 Å². The average Bonchev–Trinajstić information content (AvgIpc) is 3.13. The molecule has 144 valence electrons. The maximum absolute atomic E-state index is 12.8. The van der Waals surface area contributed by atoms with Gasteiger partial charge < -0.3 is 4.90 Å². The number of thioether (sulfide) groups is 1. The second kappa shape index (κ2) is 8.00. The number of likely N-dealkylation sites (tertiary alicyclic amines) is 1. The van der Waals surface area contributed by atoms with E-state index in [0.717, 1.165) is 35.8 Å². The van der Waals surface area contributed by atoms with Gasteiger partial charge in [-0.2, -0.15) is 4.68 Å². The van der Waals surface area contributed by atoms with Crippen molar-refractivity contribution in [1.82, 2.24) is 25.1 Å². The van der Waals surface area contributed by atoms with E-state index in [4.69, 9.17) is 0 Å². The predicted octanol–water partition coefficient (Wildman–Crippen LogP) is 3.41. The summed E-state index contributed by atoms with van der Waals surface area (Å²) in [6.07, 6.45) is 6.49. The highest BCUT2D eigenvalue weighted by Crippen LogP contribution is 2.36. The summed E-state index contributed by atoms with van der Waals surface area (Å²) < 4.78 is 1.76. The van der Waals surface area contributed by atoms with Crippen LogP contribution in [0.15, 0.2) is 23.4 Å². The molecule has 1 aromatic carbocycles. The van der Waals surface area contributed by atoms with Crippen LogP contribution in [-0.4, -0.2) is 49.9 Å². The predicted molar refractivity (Wildman–Crippen MR) is 106 cm³/mol. The van der Waals surface area contributed by atoms with Crippen molar-refractivity contribution in [2.75, 3.05) is 18.8 Å². The summed E-state index contributed by atoms with van der Waals surface area (Å²) in [5, 5.41) is 12.8. The van der Waals surface area contributed by atoms with E-state index in [9.17, 15) is 4.79 Å². The van der Waals surface area contributed by atoms with Crippen LogP contribution in [0.2, 0.25) is 0 Å². The molecule has 1 aliphatic carbocycles. The Balaban J connectivity index is 1.41. The largest absolute Gasteiger partial charge is 0.342 e. The zero-order chi connectivity index (χ0) is 18.8. The van der Waals surface area contributed by atoms with Crippen LogP contribution in [0.4, 0.5) is 0 Å². The fourth-order valence-corrected chi connectivity index (χ4v) is 5.37. The van der Waals surface area contributed by atoms with Gasteiger partial charge in [-0.1, -0.05) is 49.2 Å². The first-order chi connectivity index (χ1) is 13.1. The zero-order valence-corrected chi connectivity index (χ0v) is 16.9. The molecule has 0 bridgehead atoms. The number of aromatic nitrogens is 4. The molecule has 27 heavy (non-hydrogen) atoms.